The number of aromatic amines is 1. The van der Waals surface area contributed by atoms with Crippen LogP contribution in [0.25, 0.3) is 10.9 Å². The van der Waals surface area contributed by atoms with Crippen LogP contribution in [0.15, 0.2) is 45.8 Å². The van der Waals surface area contributed by atoms with Crippen LogP contribution in [-0.2, 0) is 30.9 Å². The van der Waals surface area contributed by atoms with E-state index in [0.717, 1.165) is 30.6 Å². The Labute approximate surface area is 200 Å². The maximum atomic E-state index is 13.0. The fourth-order valence-electron chi connectivity index (χ4n) is 4.60. The molecule has 0 bridgehead atoms. The summed E-state index contributed by atoms with van der Waals surface area (Å²) in [6.07, 6.45) is 3.82. The fraction of sp³-hybridized carbons (Fsp3) is 0.417. The van der Waals surface area contributed by atoms with Gasteiger partial charge in [-0.3, -0.25) is 9.69 Å². The van der Waals surface area contributed by atoms with Gasteiger partial charge in [0.25, 0.3) is 5.56 Å². The van der Waals surface area contributed by atoms with E-state index in [1.807, 2.05) is 30.3 Å². The second kappa shape index (κ2) is 9.51. The number of hydrogen-bond donors (Lipinski definition) is 1. The summed E-state index contributed by atoms with van der Waals surface area (Å²) in [5.41, 5.74) is 1.18. The largest absolute Gasteiger partial charge is 0.486 e. The highest BCUT2D eigenvalue weighted by molar-refractivity contribution is 5.83. The van der Waals surface area contributed by atoms with Crippen molar-refractivity contribution in [2.24, 2.45) is 0 Å². The first kappa shape index (κ1) is 21.8. The number of nitrogens with one attached hydrogen (secondary N) is 1. The van der Waals surface area contributed by atoms with E-state index in [1.54, 1.807) is 10.9 Å². The summed E-state index contributed by atoms with van der Waals surface area (Å²) in [5, 5.41) is 13.2. The lowest BCUT2D eigenvalue weighted by atomic mass is 10.1. The van der Waals surface area contributed by atoms with Gasteiger partial charge in [-0.05, 0) is 47.5 Å². The molecule has 1 N–H and O–H groups in total. The quantitative estimate of drug-likeness (QED) is 0.406. The molecule has 0 spiro atoms. The molecule has 0 amide bonds. The van der Waals surface area contributed by atoms with Crippen LogP contribution in [0.3, 0.4) is 0 Å². The van der Waals surface area contributed by atoms with E-state index in [4.69, 9.17) is 18.6 Å². The van der Waals surface area contributed by atoms with Gasteiger partial charge in [-0.2, -0.15) is 0 Å². The molecule has 2 aliphatic rings. The van der Waals surface area contributed by atoms with Crippen molar-refractivity contribution in [2.45, 2.75) is 45.1 Å². The molecule has 4 aromatic rings. The van der Waals surface area contributed by atoms with Gasteiger partial charge >= 0.3 is 0 Å². The maximum absolute atomic E-state index is 13.0. The van der Waals surface area contributed by atoms with E-state index < -0.39 is 0 Å². The number of pyridine rings is 1. The third-order valence-corrected chi connectivity index (χ3v) is 6.31. The summed E-state index contributed by atoms with van der Waals surface area (Å²) >= 11 is 0. The van der Waals surface area contributed by atoms with Crippen molar-refractivity contribution in [3.63, 3.8) is 0 Å². The van der Waals surface area contributed by atoms with E-state index >= 15 is 0 Å². The van der Waals surface area contributed by atoms with Gasteiger partial charge < -0.3 is 23.6 Å². The van der Waals surface area contributed by atoms with Crippen molar-refractivity contribution >= 4 is 10.9 Å². The zero-order chi connectivity index (χ0) is 23.6. The van der Waals surface area contributed by atoms with Crippen molar-refractivity contribution in [3.8, 4) is 11.5 Å². The van der Waals surface area contributed by atoms with Crippen molar-refractivity contribution in [1.82, 2.24) is 30.1 Å². The number of aromatic nitrogens is 5. The van der Waals surface area contributed by atoms with Crippen LogP contribution >= 0.6 is 0 Å². The number of fused-ring (bicyclic) bond motifs is 2. The minimum absolute atomic E-state index is 0.122. The second-order valence-corrected chi connectivity index (χ2v) is 8.84. The van der Waals surface area contributed by atoms with E-state index in [2.05, 4.69) is 25.4 Å². The number of nitrogens with zero attached hydrogens (tertiary/aromatic N) is 5. The average molecular weight is 479 g/mol. The van der Waals surface area contributed by atoms with Crippen LogP contribution in [-0.4, -0.2) is 56.0 Å². The van der Waals surface area contributed by atoms with Gasteiger partial charge in [0.2, 0.25) is 0 Å². The molecule has 2 aliphatic heterocycles. The lowest BCUT2D eigenvalue weighted by Crippen LogP contribution is -2.28. The minimum Gasteiger partial charge on any atom is -0.486 e. The molecule has 0 aliphatic carbocycles. The average Bonchev–Trinajstić information content (AvgIpc) is 3.63. The lowest BCUT2D eigenvalue weighted by molar-refractivity contribution is 0.0913. The van der Waals surface area contributed by atoms with Gasteiger partial charge in [-0.15, -0.1) is 5.10 Å². The lowest BCUT2D eigenvalue weighted by Gasteiger charge is -2.22. The number of ether oxygens (including phenoxy) is 3. The summed E-state index contributed by atoms with van der Waals surface area (Å²) in [6.45, 7) is 3.71. The van der Waals surface area contributed by atoms with Crippen molar-refractivity contribution in [2.75, 3.05) is 19.8 Å². The Kier molecular flexibility index (Phi) is 5.93. The number of furan rings is 1. The molecule has 3 aromatic heterocycles. The highest BCUT2D eigenvalue weighted by atomic mass is 16.6. The molecule has 0 saturated carbocycles. The molecule has 1 aromatic carbocycles. The standard InChI is InChI=1S/C24H26N6O5/c31-24-17(9-16-10-21-22(11-20(16)25-24)35-8-7-34-21)12-29(13-18-3-1-5-32-18)15-23-26-27-28-30(23)14-19-4-2-6-33-19/h1,3,5,9-11,19H,2,4,6-8,12-15H2,(H,25,31)/t19-/m0/s1. The zero-order valence-corrected chi connectivity index (χ0v) is 19.2. The molecule has 1 atom stereocenters. The SMILES string of the molecule is O=c1[nH]c2cc3c(cc2cc1CN(Cc1ccco1)Cc1nnnn1C[C@@H]1CCCO1)OCCO3. The number of H-pyrrole nitrogens is 1. The Morgan fingerprint density at radius 2 is 1.97 bits per heavy atom. The van der Waals surface area contributed by atoms with Crippen molar-refractivity contribution in [3.05, 3.63) is 64.1 Å². The summed E-state index contributed by atoms with van der Waals surface area (Å²) in [4.78, 5) is 18.1. The number of benzene rings is 1. The Bertz CT molecular complexity index is 1360. The third kappa shape index (κ3) is 4.77. The van der Waals surface area contributed by atoms with Crippen LogP contribution in [0.2, 0.25) is 0 Å². The highest BCUT2D eigenvalue weighted by Gasteiger charge is 2.21. The molecule has 35 heavy (non-hydrogen) atoms. The molecule has 11 heteroatoms. The third-order valence-electron chi connectivity index (χ3n) is 6.31. The van der Waals surface area contributed by atoms with Crippen LogP contribution < -0.4 is 15.0 Å². The van der Waals surface area contributed by atoms with E-state index in [9.17, 15) is 4.79 Å². The molecule has 0 radical (unpaired) electrons. The van der Waals surface area contributed by atoms with E-state index in [-0.39, 0.29) is 11.7 Å². The smallest absolute Gasteiger partial charge is 0.252 e. The van der Waals surface area contributed by atoms with Gasteiger partial charge in [0.05, 0.1) is 37.5 Å². The molecule has 6 rings (SSSR count). The molecule has 0 unspecified atom stereocenters. The molecular formula is C24H26N6O5. The van der Waals surface area contributed by atoms with Crippen LogP contribution in [0.5, 0.6) is 11.5 Å². The predicted molar refractivity (Wildman–Crippen MR) is 124 cm³/mol. The fourth-order valence-corrected chi connectivity index (χ4v) is 4.60. The Hall–Kier alpha value is -3.70. The Morgan fingerprint density at radius 3 is 2.77 bits per heavy atom. The summed E-state index contributed by atoms with van der Waals surface area (Å²) in [5.74, 6) is 2.83. The molecule has 182 valence electrons. The number of tetrazole rings is 1. The summed E-state index contributed by atoms with van der Waals surface area (Å²) < 4.78 is 24.5. The summed E-state index contributed by atoms with van der Waals surface area (Å²) in [7, 11) is 0. The topological polar surface area (TPSA) is 121 Å². The molecule has 1 fully saturated rings. The van der Waals surface area contributed by atoms with Gasteiger partial charge in [-0.25, -0.2) is 4.68 Å². The first-order valence-corrected chi connectivity index (χ1v) is 11.8. The van der Waals surface area contributed by atoms with Crippen LogP contribution in [0.1, 0.15) is 30.0 Å². The Morgan fingerprint density at radius 1 is 1.09 bits per heavy atom. The first-order chi connectivity index (χ1) is 17.2. The van der Waals surface area contributed by atoms with Gasteiger partial charge in [0, 0.05) is 30.2 Å². The number of rotatable bonds is 8. The molecule has 5 heterocycles. The summed E-state index contributed by atoms with van der Waals surface area (Å²) in [6, 6.07) is 9.38. The first-order valence-electron chi connectivity index (χ1n) is 11.8. The van der Waals surface area contributed by atoms with Crippen LogP contribution in [0.4, 0.5) is 0 Å². The maximum Gasteiger partial charge on any atom is 0.252 e. The minimum atomic E-state index is -0.155. The van der Waals surface area contributed by atoms with Gasteiger partial charge in [0.1, 0.15) is 19.0 Å². The monoisotopic (exact) mass is 478 g/mol. The highest BCUT2D eigenvalue weighted by Crippen LogP contribution is 2.33. The van der Waals surface area contributed by atoms with Crippen LogP contribution in [0, 0.1) is 0 Å². The van der Waals surface area contributed by atoms with Gasteiger partial charge in [-0.1, -0.05) is 0 Å². The van der Waals surface area contributed by atoms with E-state index in [0.29, 0.717) is 67.8 Å². The van der Waals surface area contributed by atoms with E-state index in [1.165, 1.54) is 0 Å². The zero-order valence-electron chi connectivity index (χ0n) is 19.2. The van der Waals surface area contributed by atoms with Crippen molar-refractivity contribution in [1.29, 1.82) is 0 Å². The molecular weight excluding hydrogens is 452 g/mol. The normalized spacial score (nSPS) is 17.5. The van der Waals surface area contributed by atoms with Gasteiger partial charge in [0.15, 0.2) is 17.3 Å². The molecule has 11 nitrogen and oxygen atoms in total. The van der Waals surface area contributed by atoms with Crippen molar-refractivity contribution < 1.29 is 18.6 Å². The number of hydrogen-bond acceptors (Lipinski definition) is 9. The second-order valence-electron chi connectivity index (χ2n) is 8.84. The molecule has 1 saturated heterocycles. The Balaban J connectivity index is 1.28. The predicted octanol–water partition coefficient (Wildman–Crippen LogP) is 2.26.